The predicted octanol–water partition coefficient (Wildman–Crippen LogP) is 2.99. The van der Waals surface area contributed by atoms with E-state index < -0.39 is 0 Å². The van der Waals surface area contributed by atoms with Crippen LogP contribution in [0.25, 0.3) is 10.9 Å². The number of fused-ring (bicyclic) bond motifs is 1. The van der Waals surface area contributed by atoms with E-state index >= 15 is 0 Å². The van der Waals surface area contributed by atoms with Crippen LogP contribution in [0.1, 0.15) is 30.0 Å². The van der Waals surface area contributed by atoms with Crippen LogP contribution in [-0.2, 0) is 6.54 Å². The molecule has 0 saturated carbocycles. The molecule has 146 valence electrons. The summed E-state index contributed by atoms with van der Waals surface area (Å²) < 4.78 is 10.8. The molecular formula is C21H23N3O4. The average molecular weight is 381 g/mol. The first-order valence-corrected chi connectivity index (χ1v) is 9.15. The van der Waals surface area contributed by atoms with Crippen LogP contribution in [0.3, 0.4) is 0 Å². The number of benzene rings is 2. The summed E-state index contributed by atoms with van der Waals surface area (Å²) in [6, 6.07) is 12.2. The molecule has 0 saturated heterocycles. The molecule has 28 heavy (non-hydrogen) atoms. The molecule has 1 N–H and O–H groups in total. The number of carbonyl (C=O) groups is 1. The summed E-state index contributed by atoms with van der Waals surface area (Å²) >= 11 is 0. The molecule has 1 amide bonds. The largest absolute Gasteiger partial charge is 0.493 e. The van der Waals surface area contributed by atoms with Gasteiger partial charge in [0.15, 0.2) is 11.5 Å². The summed E-state index contributed by atoms with van der Waals surface area (Å²) in [6.07, 6.45) is 0. The monoisotopic (exact) mass is 381 g/mol. The Morgan fingerprint density at radius 1 is 1.14 bits per heavy atom. The van der Waals surface area contributed by atoms with Gasteiger partial charge in [0.25, 0.3) is 11.5 Å². The molecule has 7 nitrogen and oxygen atoms in total. The molecule has 7 heteroatoms. The summed E-state index contributed by atoms with van der Waals surface area (Å²) in [5, 5.41) is 0.525. The Kier molecular flexibility index (Phi) is 5.93. The van der Waals surface area contributed by atoms with Gasteiger partial charge in [-0.25, -0.2) is 4.98 Å². The highest BCUT2D eigenvalue weighted by atomic mass is 16.5. The smallest absolute Gasteiger partial charge is 0.258 e. The molecule has 0 aliphatic heterocycles. The van der Waals surface area contributed by atoms with E-state index in [1.165, 1.54) is 0 Å². The summed E-state index contributed by atoms with van der Waals surface area (Å²) in [5.41, 5.74) is 0.870. The maximum absolute atomic E-state index is 13.0. The molecule has 0 radical (unpaired) electrons. The van der Waals surface area contributed by atoms with Crippen molar-refractivity contribution < 1.29 is 14.3 Å². The summed E-state index contributed by atoms with van der Waals surface area (Å²) in [4.78, 5) is 34.1. The maximum Gasteiger partial charge on any atom is 0.258 e. The maximum atomic E-state index is 13.0. The third kappa shape index (κ3) is 3.98. The van der Waals surface area contributed by atoms with Gasteiger partial charge in [0.05, 0.1) is 31.2 Å². The van der Waals surface area contributed by atoms with Gasteiger partial charge in [0.2, 0.25) is 0 Å². The topological polar surface area (TPSA) is 84.5 Å². The van der Waals surface area contributed by atoms with E-state index in [1.54, 1.807) is 48.4 Å². The molecule has 1 aromatic heterocycles. The van der Waals surface area contributed by atoms with Crippen molar-refractivity contribution in [2.24, 2.45) is 0 Å². The molecular weight excluding hydrogens is 358 g/mol. The Balaban J connectivity index is 1.88. The summed E-state index contributed by atoms with van der Waals surface area (Å²) in [7, 11) is 1.55. The van der Waals surface area contributed by atoms with E-state index in [-0.39, 0.29) is 18.0 Å². The third-order valence-electron chi connectivity index (χ3n) is 4.38. The Labute approximate surface area is 162 Å². The Morgan fingerprint density at radius 2 is 1.93 bits per heavy atom. The average Bonchev–Trinajstić information content (AvgIpc) is 2.72. The van der Waals surface area contributed by atoms with E-state index in [0.29, 0.717) is 46.9 Å². The number of para-hydroxylation sites is 1. The van der Waals surface area contributed by atoms with Crippen LogP contribution in [0.15, 0.2) is 47.3 Å². The van der Waals surface area contributed by atoms with Crippen molar-refractivity contribution in [3.63, 3.8) is 0 Å². The van der Waals surface area contributed by atoms with Gasteiger partial charge in [-0.2, -0.15) is 0 Å². The van der Waals surface area contributed by atoms with Gasteiger partial charge >= 0.3 is 0 Å². The van der Waals surface area contributed by atoms with Crippen LogP contribution in [0.5, 0.6) is 11.5 Å². The fourth-order valence-electron chi connectivity index (χ4n) is 2.98. The number of carbonyl (C=O) groups excluding carboxylic acids is 1. The minimum Gasteiger partial charge on any atom is -0.493 e. The number of ether oxygens (including phenoxy) is 2. The zero-order valence-corrected chi connectivity index (χ0v) is 16.2. The first-order valence-electron chi connectivity index (χ1n) is 9.15. The Hall–Kier alpha value is -3.35. The summed E-state index contributed by atoms with van der Waals surface area (Å²) in [5.74, 6) is 1.35. The molecule has 2 aromatic carbocycles. The predicted molar refractivity (Wildman–Crippen MR) is 107 cm³/mol. The Bertz CT molecular complexity index is 1050. The lowest BCUT2D eigenvalue weighted by Crippen LogP contribution is -2.32. The van der Waals surface area contributed by atoms with E-state index in [4.69, 9.17) is 9.47 Å². The third-order valence-corrected chi connectivity index (χ3v) is 4.38. The quantitative estimate of drug-likeness (QED) is 0.680. The normalized spacial score (nSPS) is 10.7. The van der Waals surface area contributed by atoms with Gasteiger partial charge in [-0.3, -0.25) is 9.59 Å². The Morgan fingerprint density at radius 3 is 2.64 bits per heavy atom. The highest BCUT2D eigenvalue weighted by molar-refractivity contribution is 5.95. The van der Waals surface area contributed by atoms with Crippen molar-refractivity contribution >= 4 is 16.8 Å². The fraction of sp³-hybridized carbons (Fsp3) is 0.286. The number of nitrogens with one attached hydrogen (secondary N) is 1. The molecule has 3 rings (SSSR count). The van der Waals surface area contributed by atoms with Crippen molar-refractivity contribution in [2.75, 3.05) is 20.3 Å². The number of H-pyrrole nitrogens is 1. The van der Waals surface area contributed by atoms with Crippen molar-refractivity contribution in [1.82, 2.24) is 14.9 Å². The first kappa shape index (κ1) is 19.4. The van der Waals surface area contributed by atoms with E-state index in [2.05, 4.69) is 9.97 Å². The number of amides is 1. The van der Waals surface area contributed by atoms with Gasteiger partial charge in [-0.05, 0) is 44.2 Å². The molecule has 0 bridgehead atoms. The standard InChI is InChI=1S/C21H23N3O4/c1-4-24(13-19-22-16-9-7-6-8-15(16)20(25)23-19)21(26)14-10-11-17(27-3)18(12-14)28-5-2/h6-12H,4-5,13H2,1-3H3,(H,22,23,25). The molecule has 0 atom stereocenters. The van der Waals surface area contributed by atoms with E-state index in [9.17, 15) is 9.59 Å². The minimum atomic E-state index is -0.216. The van der Waals surface area contributed by atoms with Gasteiger partial charge in [-0.15, -0.1) is 0 Å². The number of nitrogens with zero attached hydrogens (tertiary/aromatic N) is 2. The van der Waals surface area contributed by atoms with Crippen LogP contribution in [0, 0.1) is 0 Å². The van der Waals surface area contributed by atoms with Crippen molar-refractivity contribution in [3.8, 4) is 11.5 Å². The molecule has 3 aromatic rings. The van der Waals surface area contributed by atoms with Crippen molar-refractivity contribution in [3.05, 3.63) is 64.2 Å². The number of methoxy groups -OCH3 is 1. The molecule has 0 aliphatic carbocycles. The van der Waals surface area contributed by atoms with Crippen molar-refractivity contribution in [2.45, 2.75) is 20.4 Å². The molecule has 0 spiro atoms. The minimum absolute atomic E-state index is 0.179. The second-order valence-corrected chi connectivity index (χ2v) is 6.15. The second kappa shape index (κ2) is 8.56. The van der Waals surface area contributed by atoms with Crippen LogP contribution in [0.4, 0.5) is 0 Å². The van der Waals surface area contributed by atoms with Gasteiger partial charge in [-0.1, -0.05) is 12.1 Å². The van der Waals surface area contributed by atoms with Crippen LogP contribution >= 0.6 is 0 Å². The SMILES string of the molecule is CCOc1cc(C(=O)N(CC)Cc2nc3ccccc3c(=O)[nH]2)ccc1OC. The highest BCUT2D eigenvalue weighted by Crippen LogP contribution is 2.28. The van der Waals surface area contributed by atoms with E-state index in [0.717, 1.165) is 0 Å². The number of hydrogen-bond acceptors (Lipinski definition) is 5. The number of aromatic nitrogens is 2. The number of rotatable bonds is 7. The van der Waals surface area contributed by atoms with Gasteiger partial charge in [0.1, 0.15) is 5.82 Å². The van der Waals surface area contributed by atoms with Crippen LogP contribution in [-0.4, -0.2) is 41.0 Å². The molecule has 0 fully saturated rings. The molecule has 0 aliphatic rings. The fourth-order valence-corrected chi connectivity index (χ4v) is 2.98. The molecule has 1 heterocycles. The van der Waals surface area contributed by atoms with Gasteiger partial charge < -0.3 is 19.4 Å². The molecule has 0 unspecified atom stereocenters. The number of hydrogen-bond donors (Lipinski definition) is 1. The van der Waals surface area contributed by atoms with Crippen LogP contribution in [0.2, 0.25) is 0 Å². The van der Waals surface area contributed by atoms with Gasteiger partial charge in [0, 0.05) is 12.1 Å². The lowest BCUT2D eigenvalue weighted by Gasteiger charge is -2.21. The summed E-state index contributed by atoms with van der Waals surface area (Å²) in [6.45, 7) is 4.88. The lowest BCUT2D eigenvalue weighted by atomic mass is 10.1. The zero-order valence-electron chi connectivity index (χ0n) is 16.2. The second-order valence-electron chi connectivity index (χ2n) is 6.15. The van der Waals surface area contributed by atoms with E-state index in [1.807, 2.05) is 19.9 Å². The lowest BCUT2D eigenvalue weighted by molar-refractivity contribution is 0.0748. The number of aromatic amines is 1. The highest BCUT2D eigenvalue weighted by Gasteiger charge is 2.18. The van der Waals surface area contributed by atoms with Crippen LogP contribution < -0.4 is 15.0 Å². The van der Waals surface area contributed by atoms with Crippen molar-refractivity contribution in [1.29, 1.82) is 0 Å². The first-order chi connectivity index (χ1) is 13.6. The zero-order chi connectivity index (χ0) is 20.1.